The molecule has 4 aromatic rings. The van der Waals surface area contributed by atoms with Crippen molar-refractivity contribution in [3.63, 3.8) is 0 Å². The zero-order valence-corrected chi connectivity index (χ0v) is 17.3. The predicted molar refractivity (Wildman–Crippen MR) is 113 cm³/mol. The van der Waals surface area contributed by atoms with Gasteiger partial charge >= 0.3 is 0 Å². The summed E-state index contributed by atoms with van der Waals surface area (Å²) in [5.74, 6) is 1.94. The summed E-state index contributed by atoms with van der Waals surface area (Å²) in [4.78, 5) is 23.1. The Hall–Kier alpha value is -3.22. The largest absolute Gasteiger partial charge is 0.342 e. The maximum Gasteiger partial charge on any atom is 0.257 e. The number of fused-ring (bicyclic) bond motifs is 2. The number of carbonyl (C=O) groups is 1. The SMILES string of the molecule is CCN(CCc1nc2ccc(C)cc2[nH]1)C(=O)c1cccn2c(C(C)C)nnc12. The number of rotatable bonds is 6. The van der Waals surface area contributed by atoms with Crippen LogP contribution in [0.25, 0.3) is 16.7 Å². The third-order valence-corrected chi connectivity index (χ3v) is 5.18. The molecule has 1 N–H and O–H groups in total. The Balaban J connectivity index is 1.56. The van der Waals surface area contributed by atoms with Crippen molar-refractivity contribution in [2.24, 2.45) is 0 Å². The van der Waals surface area contributed by atoms with E-state index in [1.54, 1.807) is 0 Å². The molecule has 150 valence electrons. The molecule has 1 amide bonds. The van der Waals surface area contributed by atoms with Crippen molar-refractivity contribution < 1.29 is 4.79 Å². The Morgan fingerprint density at radius 2 is 2.07 bits per heavy atom. The quantitative estimate of drug-likeness (QED) is 0.544. The van der Waals surface area contributed by atoms with Crippen LogP contribution in [-0.2, 0) is 6.42 Å². The summed E-state index contributed by atoms with van der Waals surface area (Å²) in [6.45, 7) is 9.39. The maximum atomic E-state index is 13.2. The molecular formula is C22H26N6O. The molecule has 1 aromatic carbocycles. The molecule has 29 heavy (non-hydrogen) atoms. The van der Waals surface area contributed by atoms with E-state index in [0.717, 1.165) is 22.7 Å². The third-order valence-electron chi connectivity index (χ3n) is 5.18. The first-order valence-electron chi connectivity index (χ1n) is 10.1. The number of hydrogen-bond acceptors (Lipinski definition) is 4. The second-order valence-electron chi connectivity index (χ2n) is 7.67. The van der Waals surface area contributed by atoms with E-state index < -0.39 is 0 Å². The number of benzene rings is 1. The first-order valence-corrected chi connectivity index (χ1v) is 10.1. The lowest BCUT2D eigenvalue weighted by molar-refractivity contribution is 0.0767. The highest BCUT2D eigenvalue weighted by molar-refractivity contribution is 5.99. The van der Waals surface area contributed by atoms with Crippen molar-refractivity contribution in [2.75, 3.05) is 13.1 Å². The number of nitrogens with one attached hydrogen (secondary N) is 1. The van der Waals surface area contributed by atoms with Crippen LogP contribution in [0.2, 0.25) is 0 Å². The van der Waals surface area contributed by atoms with E-state index in [1.165, 1.54) is 5.56 Å². The van der Waals surface area contributed by atoms with Crippen LogP contribution in [-0.4, -0.2) is 48.5 Å². The normalized spacial score (nSPS) is 11.6. The van der Waals surface area contributed by atoms with Crippen molar-refractivity contribution in [3.05, 3.63) is 59.3 Å². The van der Waals surface area contributed by atoms with Crippen LogP contribution in [0.4, 0.5) is 0 Å². The Labute approximate surface area is 169 Å². The average Bonchev–Trinajstić information content (AvgIpc) is 3.31. The van der Waals surface area contributed by atoms with Gasteiger partial charge in [0.2, 0.25) is 0 Å². The fourth-order valence-electron chi connectivity index (χ4n) is 3.60. The highest BCUT2D eigenvalue weighted by atomic mass is 16.2. The van der Waals surface area contributed by atoms with Gasteiger partial charge in [-0.3, -0.25) is 9.20 Å². The van der Waals surface area contributed by atoms with E-state index in [1.807, 2.05) is 40.6 Å². The van der Waals surface area contributed by atoms with Gasteiger partial charge in [-0.25, -0.2) is 4.98 Å². The number of H-pyrrole nitrogens is 1. The number of imidazole rings is 1. The fourth-order valence-corrected chi connectivity index (χ4v) is 3.60. The Bertz CT molecular complexity index is 1170. The van der Waals surface area contributed by atoms with Gasteiger partial charge in [-0.1, -0.05) is 19.9 Å². The molecule has 0 saturated carbocycles. The topological polar surface area (TPSA) is 79.2 Å². The van der Waals surface area contributed by atoms with E-state index in [9.17, 15) is 4.79 Å². The van der Waals surface area contributed by atoms with Crippen molar-refractivity contribution >= 4 is 22.6 Å². The van der Waals surface area contributed by atoms with Crippen molar-refractivity contribution in [1.82, 2.24) is 29.5 Å². The van der Waals surface area contributed by atoms with Crippen LogP contribution in [0.5, 0.6) is 0 Å². The van der Waals surface area contributed by atoms with Crippen LogP contribution in [0, 0.1) is 6.92 Å². The molecule has 0 unspecified atom stereocenters. The number of pyridine rings is 1. The summed E-state index contributed by atoms with van der Waals surface area (Å²) in [5.41, 5.74) is 4.37. The van der Waals surface area contributed by atoms with E-state index >= 15 is 0 Å². The van der Waals surface area contributed by atoms with Crippen molar-refractivity contribution in [2.45, 2.75) is 40.0 Å². The van der Waals surface area contributed by atoms with Gasteiger partial charge in [0.15, 0.2) is 5.65 Å². The molecule has 0 aliphatic carbocycles. The molecule has 0 aliphatic rings. The van der Waals surface area contributed by atoms with Gasteiger partial charge < -0.3 is 9.88 Å². The minimum absolute atomic E-state index is 0.0345. The van der Waals surface area contributed by atoms with Gasteiger partial charge in [-0.2, -0.15) is 0 Å². The third kappa shape index (κ3) is 3.60. The number of carbonyl (C=O) groups excluding carboxylic acids is 1. The van der Waals surface area contributed by atoms with E-state index in [4.69, 9.17) is 0 Å². The monoisotopic (exact) mass is 390 g/mol. The van der Waals surface area contributed by atoms with Crippen LogP contribution < -0.4 is 0 Å². The Morgan fingerprint density at radius 3 is 2.83 bits per heavy atom. The summed E-state index contributed by atoms with van der Waals surface area (Å²) < 4.78 is 1.91. The molecule has 7 heteroatoms. The van der Waals surface area contributed by atoms with E-state index in [-0.39, 0.29) is 11.8 Å². The molecule has 0 fully saturated rings. The maximum absolute atomic E-state index is 13.2. The van der Waals surface area contributed by atoms with Crippen molar-refractivity contribution in [3.8, 4) is 0 Å². The Morgan fingerprint density at radius 1 is 1.24 bits per heavy atom. The molecule has 4 rings (SSSR count). The minimum atomic E-state index is -0.0345. The van der Waals surface area contributed by atoms with Crippen LogP contribution in [0.1, 0.15) is 54.3 Å². The predicted octanol–water partition coefficient (Wildman–Crippen LogP) is 3.74. The van der Waals surface area contributed by atoms with Gasteiger partial charge in [-0.15, -0.1) is 10.2 Å². The van der Waals surface area contributed by atoms with Crippen LogP contribution in [0.15, 0.2) is 36.5 Å². The van der Waals surface area contributed by atoms with Gasteiger partial charge in [0, 0.05) is 31.6 Å². The number of hydrogen-bond donors (Lipinski definition) is 1. The van der Waals surface area contributed by atoms with Gasteiger partial charge in [0.05, 0.1) is 16.6 Å². The molecular weight excluding hydrogens is 364 g/mol. The lowest BCUT2D eigenvalue weighted by atomic mass is 10.2. The average molecular weight is 390 g/mol. The summed E-state index contributed by atoms with van der Waals surface area (Å²) in [6, 6.07) is 9.87. The summed E-state index contributed by atoms with van der Waals surface area (Å²) in [7, 11) is 0. The lowest BCUT2D eigenvalue weighted by Gasteiger charge is -2.20. The summed E-state index contributed by atoms with van der Waals surface area (Å²) in [6.07, 6.45) is 2.58. The fraction of sp³-hybridized carbons (Fsp3) is 0.364. The molecule has 0 saturated heterocycles. The Kier molecular flexibility index (Phi) is 5.05. The second-order valence-corrected chi connectivity index (χ2v) is 7.67. The minimum Gasteiger partial charge on any atom is -0.342 e. The number of amides is 1. The first kappa shape index (κ1) is 19.1. The number of aryl methyl sites for hydroxylation is 1. The molecule has 3 aromatic heterocycles. The molecule has 3 heterocycles. The van der Waals surface area contributed by atoms with Gasteiger partial charge in [0.1, 0.15) is 11.6 Å². The molecule has 0 atom stereocenters. The van der Waals surface area contributed by atoms with Crippen molar-refractivity contribution in [1.29, 1.82) is 0 Å². The number of likely N-dealkylation sites (N-methyl/N-ethyl adjacent to an activating group) is 1. The van der Waals surface area contributed by atoms with Gasteiger partial charge in [-0.05, 0) is 43.7 Å². The molecule has 0 spiro atoms. The van der Waals surface area contributed by atoms with Gasteiger partial charge in [0.25, 0.3) is 5.91 Å². The highest BCUT2D eigenvalue weighted by Gasteiger charge is 2.20. The van der Waals surface area contributed by atoms with Crippen LogP contribution >= 0.6 is 0 Å². The number of aromatic nitrogens is 5. The smallest absolute Gasteiger partial charge is 0.257 e. The van der Waals surface area contributed by atoms with Crippen LogP contribution in [0.3, 0.4) is 0 Å². The zero-order valence-electron chi connectivity index (χ0n) is 17.3. The number of aromatic amines is 1. The van der Waals surface area contributed by atoms with E-state index in [0.29, 0.717) is 30.7 Å². The lowest BCUT2D eigenvalue weighted by Crippen LogP contribution is -2.33. The zero-order chi connectivity index (χ0) is 20.5. The number of nitrogens with zero attached hydrogens (tertiary/aromatic N) is 5. The first-order chi connectivity index (χ1) is 14.0. The molecule has 0 bridgehead atoms. The highest BCUT2D eigenvalue weighted by Crippen LogP contribution is 2.18. The summed E-state index contributed by atoms with van der Waals surface area (Å²) in [5, 5.41) is 8.56. The molecule has 0 aliphatic heterocycles. The molecule has 7 nitrogen and oxygen atoms in total. The second kappa shape index (κ2) is 7.66. The van der Waals surface area contributed by atoms with E-state index in [2.05, 4.69) is 53.1 Å². The molecule has 0 radical (unpaired) electrons. The standard InChI is InChI=1S/C22H26N6O/c1-5-27(12-10-19-23-17-9-8-15(4)13-18(17)24-19)22(29)16-7-6-11-28-20(14(2)3)25-26-21(16)28/h6-9,11,13-14H,5,10,12H2,1-4H3,(H,23,24). The summed E-state index contributed by atoms with van der Waals surface area (Å²) >= 11 is 0.